The highest BCUT2D eigenvalue weighted by Crippen LogP contribution is 2.19. The molecule has 0 aliphatic rings. The highest BCUT2D eigenvalue weighted by atomic mass is 16.3. The molecule has 0 aromatic carbocycles. The molecule has 0 aliphatic heterocycles. The fraction of sp³-hybridized carbons (Fsp3) is 0.750. The Morgan fingerprint density at radius 1 is 1.14 bits per heavy atom. The van der Waals surface area contributed by atoms with Crippen molar-refractivity contribution >= 4 is 5.71 Å². The van der Waals surface area contributed by atoms with Gasteiger partial charge in [-0.3, -0.25) is 4.99 Å². The third-order valence-corrected chi connectivity index (χ3v) is 2.34. The highest BCUT2D eigenvalue weighted by Gasteiger charge is 2.15. The van der Waals surface area contributed by atoms with Crippen LogP contribution in [0.5, 0.6) is 0 Å². The average Bonchev–Trinajstić information content (AvgIpc) is 2.00. The Morgan fingerprint density at radius 2 is 1.57 bits per heavy atom. The Kier molecular flexibility index (Phi) is 4.37. The number of aliphatic hydroxyl groups is 1. The summed E-state index contributed by atoms with van der Waals surface area (Å²) in [7, 11) is 0. The molecule has 0 fully saturated rings. The summed E-state index contributed by atoms with van der Waals surface area (Å²) >= 11 is 0. The first-order valence-corrected chi connectivity index (χ1v) is 5.11. The normalized spacial score (nSPS) is 15.9. The number of hydrogen-bond donors (Lipinski definition) is 1. The summed E-state index contributed by atoms with van der Waals surface area (Å²) in [4.78, 5) is 4.42. The van der Waals surface area contributed by atoms with Crippen molar-refractivity contribution in [2.75, 3.05) is 0 Å². The molecule has 2 nitrogen and oxygen atoms in total. The van der Waals surface area contributed by atoms with Gasteiger partial charge in [0, 0.05) is 11.6 Å². The molecule has 0 unspecified atom stereocenters. The summed E-state index contributed by atoms with van der Waals surface area (Å²) in [6, 6.07) is 0. The Morgan fingerprint density at radius 3 is 1.86 bits per heavy atom. The van der Waals surface area contributed by atoms with Crippen molar-refractivity contribution in [1.82, 2.24) is 0 Å². The van der Waals surface area contributed by atoms with E-state index >= 15 is 0 Å². The van der Waals surface area contributed by atoms with Gasteiger partial charge in [0.1, 0.15) is 5.76 Å². The first-order chi connectivity index (χ1) is 6.16. The van der Waals surface area contributed by atoms with E-state index in [0.717, 1.165) is 11.4 Å². The molecule has 1 N–H and O–H groups in total. The first-order valence-electron chi connectivity index (χ1n) is 5.11. The van der Waals surface area contributed by atoms with E-state index in [9.17, 15) is 5.11 Å². The third kappa shape index (κ3) is 3.95. The molecular weight excluding hydrogens is 174 g/mol. The van der Waals surface area contributed by atoms with Gasteiger partial charge in [0.25, 0.3) is 0 Å². The SMILES string of the molecule is CC(/N=C(\C)C(C)(C)C)=C(/O)C(C)C. The third-order valence-electron chi connectivity index (χ3n) is 2.34. The van der Waals surface area contributed by atoms with Crippen LogP contribution in [0.2, 0.25) is 0 Å². The predicted octanol–water partition coefficient (Wildman–Crippen LogP) is 3.94. The van der Waals surface area contributed by atoms with Crippen LogP contribution < -0.4 is 0 Å². The van der Waals surface area contributed by atoms with E-state index in [-0.39, 0.29) is 11.3 Å². The number of aliphatic imine (C=N–C) groups is 1. The molecular formula is C12H23NO. The van der Waals surface area contributed by atoms with E-state index in [1.54, 1.807) is 0 Å². The van der Waals surface area contributed by atoms with Crippen LogP contribution in [-0.2, 0) is 0 Å². The molecule has 0 heterocycles. The zero-order valence-electron chi connectivity index (χ0n) is 10.5. The van der Waals surface area contributed by atoms with Crippen molar-refractivity contribution in [2.24, 2.45) is 16.3 Å². The molecule has 0 radical (unpaired) electrons. The van der Waals surface area contributed by atoms with E-state index in [0.29, 0.717) is 5.76 Å². The van der Waals surface area contributed by atoms with Gasteiger partial charge in [0.2, 0.25) is 0 Å². The summed E-state index contributed by atoms with van der Waals surface area (Å²) in [5, 5.41) is 9.68. The van der Waals surface area contributed by atoms with Crippen molar-refractivity contribution < 1.29 is 5.11 Å². The standard InChI is InChI=1S/C12H23NO/c1-8(2)11(14)9(3)13-10(4)12(5,6)7/h8,14H,1-7H3/b11-9-,13-10+. The van der Waals surface area contributed by atoms with Crippen LogP contribution in [0.1, 0.15) is 48.5 Å². The monoisotopic (exact) mass is 197 g/mol. The maximum Gasteiger partial charge on any atom is 0.116 e. The van der Waals surface area contributed by atoms with Crippen LogP contribution in [0.15, 0.2) is 16.4 Å². The maximum absolute atomic E-state index is 9.68. The van der Waals surface area contributed by atoms with Gasteiger partial charge in [-0.2, -0.15) is 0 Å². The van der Waals surface area contributed by atoms with Gasteiger partial charge in [0.05, 0.1) is 5.70 Å². The molecule has 2 heteroatoms. The molecule has 0 rings (SSSR count). The summed E-state index contributed by atoms with van der Waals surface area (Å²) in [5.41, 5.74) is 1.84. The predicted molar refractivity (Wildman–Crippen MR) is 62.7 cm³/mol. The summed E-state index contributed by atoms with van der Waals surface area (Å²) < 4.78 is 0. The number of rotatable bonds is 2. The van der Waals surface area contributed by atoms with Crippen molar-refractivity contribution in [2.45, 2.75) is 48.5 Å². The minimum atomic E-state index is 0.0680. The molecule has 14 heavy (non-hydrogen) atoms. The molecule has 0 saturated carbocycles. The van der Waals surface area contributed by atoms with Crippen LogP contribution >= 0.6 is 0 Å². The van der Waals surface area contributed by atoms with Crippen molar-refractivity contribution in [1.29, 1.82) is 0 Å². The summed E-state index contributed by atoms with van der Waals surface area (Å²) in [6.45, 7) is 14.1. The molecule has 0 spiro atoms. The maximum atomic E-state index is 9.68. The second-order valence-electron chi connectivity index (χ2n) is 5.07. The van der Waals surface area contributed by atoms with E-state index in [1.807, 2.05) is 27.7 Å². The molecule has 82 valence electrons. The summed E-state index contributed by atoms with van der Waals surface area (Å²) in [5.74, 6) is 0.528. The van der Waals surface area contributed by atoms with Gasteiger partial charge in [-0.1, -0.05) is 34.6 Å². The smallest absolute Gasteiger partial charge is 0.116 e. The summed E-state index contributed by atoms with van der Waals surface area (Å²) in [6.07, 6.45) is 0. The number of nitrogens with zero attached hydrogens (tertiary/aromatic N) is 1. The molecule has 0 bridgehead atoms. The van der Waals surface area contributed by atoms with Gasteiger partial charge >= 0.3 is 0 Å². The Bertz CT molecular complexity index is 254. The van der Waals surface area contributed by atoms with Crippen LogP contribution in [0.4, 0.5) is 0 Å². The van der Waals surface area contributed by atoms with Crippen LogP contribution in [0.25, 0.3) is 0 Å². The lowest BCUT2D eigenvalue weighted by atomic mass is 9.91. The lowest BCUT2D eigenvalue weighted by Gasteiger charge is -2.18. The second kappa shape index (κ2) is 4.63. The lowest BCUT2D eigenvalue weighted by Crippen LogP contribution is -2.17. The first kappa shape index (κ1) is 13.2. The fourth-order valence-electron chi connectivity index (χ4n) is 0.894. The molecule has 0 atom stereocenters. The van der Waals surface area contributed by atoms with Gasteiger partial charge in [-0.25, -0.2) is 0 Å². The van der Waals surface area contributed by atoms with Crippen molar-refractivity contribution in [3.8, 4) is 0 Å². The topological polar surface area (TPSA) is 32.6 Å². The zero-order chi connectivity index (χ0) is 11.5. The Hall–Kier alpha value is -0.790. The van der Waals surface area contributed by atoms with E-state index in [2.05, 4.69) is 25.8 Å². The van der Waals surface area contributed by atoms with Gasteiger partial charge < -0.3 is 5.11 Å². The van der Waals surface area contributed by atoms with Crippen LogP contribution in [0, 0.1) is 11.3 Å². The minimum absolute atomic E-state index is 0.0680. The van der Waals surface area contributed by atoms with Crippen LogP contribution in [0.3, 0.4) is 0 Å². The van der Waals surface area contributed by atoms with Gasteiger partial charge in [-0.05, 0) is 19.3 Å². The van der Waals surface area contributed by atoms with Gasteiger partial charge in [-0.15, -0.1) is 0 Å². The van der Waals surface area contributed by atoms with Crippen LogP contribution in [-0.4, -0.2) is 10.8 Å². The molecule has 0 aliphatic carbocycles. The van der Waals surface area contributed by atoms with Crippen molar-refractivity contribution in [3.05, 3.63) is 11.5 Å². The Balaban J connectivity index is 4.92. The number of hydrogen-bond acceptors (Lipinski definition) is 2. The molecule has 0 aromatic heterocycles. The average molecular weight is 197 g/mol. The lowest BCUT2D eigenvalue weighted by molar-refractivity contribution is 0.344. The highest BCUT2D eigenvalue weighted by molar-refractivity contribution is 5.87. The van der Waals surface area contributed by atoms with Crippen molar-refractivity contribution in [3.63, 3.8) is 0 Å². The number of aliphatic hydroxyl groups excluding tert-OH is 1. The zero-order valence-corrected chi connectivity index (χ0v) is 10.5. The van der Waals surface area contributed by atoms with E-state index in [1.165, 1.54) is 0 Å². The largest absolute Gasteiger partial charge is 0.510 e. The number of allylic oxidation sites excluding steroid dienone is 2. The molecule has 0 saturated heterocycles. The quantitative estimate of drug-likeness (QED) is 0.528. The second-order valence-corrected chi connectivity index (χ2v) is 5.07. The Labute approximate surface area is 87.8 Å². The van der Waals surface area contributed by atoms with E-state index in [4.69, 9.17) is 0 Å². The van der Waals surface area contributed by atoms with E-state index < -0.39 is 0 Å². The minimum Gasteiger partial charge on any atom is -0.510 e. The fourth-order valence-corrected chi connectivity index (χ4v) is 0.894. The molecule has 0 aromatic rings. The molecule has 0 amide bonds. The van der Waals surface area contributed by atoms with Gasteiger partial charge in [0.15, 0.2) is 0 Å².